The third kappa shape index (κ3) is 6.49. The van der Waals surface area contributed by atoms with Crippen molar-refractivity contribution in [2.45, 2.75) is 19.4 Å². The predicted molar refractivity (Wildman–Crippen MR) is 142 cm³/mol. The van der Waals surface area contributed by atoms with Crippen LogP contribution in [0.2, 0.25) is 0 Å². The van der Waals surface area contributed by atoms with Crippen LogP contribution in [-0.2, 0) is 27.3 Å². The van der Waals surface area contributed by atoms with Gasteiger partial charge in [-0.3, -0.25) is 14.4 Å². The van der Waals surface area contributed by atoms with Crippen molar-refractivity contribution in [2.24, 2.45) is 17.8 Å². The number of para-hydroxylation sites is 1. The van der Waals surface area contributed by atoms with Crippen LogP contribution < -0.4 is 14.2 Å². The standard InChI is InChI=1S/C30H31NO8/c1-37-25-13-10-19(16-26(25)38-2)14-15-31(28(32)23-17-24(29(33)34)27(23)30(35)36)18-20-8-11-22(12-9-20)39-21-6-4-3-5-7-21/h3-13,16,23-24,27H,14-15,17-18H2,1-2H3,(H,33,34)(H,35,36). The third-order valence-electron chi connectivity index (χ3n) is 7.00. The van der Waals surface area contributed by atoms with E-state index in [0.29, 0.717) is 36.0 Å². The van der Waals surface area contributed by atoms with Crippen LogP contribution in [0.25, 0.3) is 0 Å². The number of methoxy groups -OCH3 is 2. The number of hydrogen-bond donors (Lipinski definition) is 2. The molecule has 1 aliphatic carbocycles. The van der Waals surface area contributed by atoms with Gasteiger partial charge in [0.25, 0.3) is 0 Å². The highest BCUT2D eigenvalue weighted by atomic mass is 16.5. The number of carbonyl (C=O) groups is 3. The van der Waals surface area contributed by atoms with Crippen molar-refractivity contribution >= 4 is 17.8 Å². The van der Waals surface area contributed by atoms with Gasteiger partial charge in [0, 0.05) is 13.1 Å². The fourth-order valence-corrected chi connectivity index (χ4v) is 4.81. The zero-order valence-corrected chi connectivity index (χ0v) is 21.8. The molecule has 204 valence electrons. The lowest BCUT2D eigenvalue weighted by Crippen LogP contribution is -2.53. The van der Waals surface area contributed by atoms with Crippen LogP contribution in [0.5, 0.6) is 23.0 Å². The Balaban J connectivity index is 1.52. The molecule has 0 radical (unpaired) electrons. The normalized spacial score (nSPS) is 17.9. The van der Waals surface area contributed by atoms with Crippen molar-refractivity contribution in [3.63, 3.8) is 0 Å². The highest BCUT2D eigenvalue weighted by Gasteiger charge is 2.54. The average Bonchev–Trinajstić information content (AvgIpc) is 2.91. The maximum Gasteiger partial charge on any atom is 0.308 e. The first-order valence-corrected chi connectivity index (χ1v) is 12.6. The van der Waals surface area contributed by atoms with E-state index in [2.05, 4.69) is 0 Å². The van der Waals surface area contributed by atoms with Crippen molar-refractivity contribution in [1.29, 1.82) is 0 Å². The number of hydrogen-bond acceptors (Lipinski definition) is 6. The van der Waals surface area contributed by atoms with Crippen LogP contribution in [0, 0.1) is 17.8 Å². The molecular weight excluding hydrogens is 502 g/mol. The molecular formula is C30H31NO8. The summed E-state index contributed by atoms with van der Waals surface area (Å²) in [5.74, 6) is -3.55. The van der Waals surface area contributed by atoms with Gasteiger partial charge in [0.2, 0.25) is 5.91 Å². The summed E-state index contributed by atoms with van der Waals surface area (Å²) in [6, 6.07) is 22.2. The average molecular weight is 534 g/mol. The quantitative estimate of drug-likeness (QED) is 0.349. The fraction of sp³-hybridized carbons (Fsp3) is 0.300. The van der Waals surface area contributed by atoms with Gasteiger partial charge in [0.1, 0.15) is 11.5 Å². The minimum atomic E-state index is -1.27. The van der Waals surface area contributed by atoms with E-state index >= 15 is 0 Å². The number of carbonyl (C=O) groups excluding carboxylic acids is 1. The summed E-state index contributed by atoms with van der Waals surface area (Å²) in [6.45, 7) is 0.537. The highest BCUT2D eigenvalue weighted by molar-refractivity contribution is 5.91. The Morgan fingerprint density at radius 2 is 1.44 bits per heavy atom. The van der Waals surface area contributed by atoms with Gasteiger partial charge in [-0.15, -0.1) is 0 Å². The molecule has 3 aromatic rings. The Morgan fingerprint density at radius 3 is 2.05 bits per heavy atom. The molecule has 9 heteroatoms. The topological polar surface area (TPSA) is 123 Å². The zero-order chi connectivity index (χ0) is 27.9. The number of benzene rings is 3. The maximum absolute atomic E-state index is 13.6. The van der Waals surface area contributed by atoms with Gasteiger partial charge in [0.15, 0.2) is 11.5 Å². The van der Waals surface area contributed by atoms with Gasteiger partial charge in [-0.1, -0.05) is 36.4 Å². The molecule has 1 saturated carbocycles. The second-order valence-corrected chi connectivity index (χ2v) is 9.41. The van der Waals surface area contributed by atoms with E-state index in [0.717, 1.165) is 11.1 Å². The van der Waals surface area contributed by atoms with Crippen LogP contribution in [0.4, 0.5) is 0 Å². The first-order valence-electron chi connectivity index (χ1n) is 12.6. The second kappa shape index (κ2) is 12.3. The number of ether oxygens (including phenoxy) is 3. The van der Waals surface area contributed by atoms with Crippen molar-refractivity contribution < 1.29 is 38.8 Å². The van der Waals surface area contributed by atoms with Gasteiger partial charge < -0.3 is 29.3 Å². The molecule has 0 aromatic heterocycles. The van der Waals surface area contributed by atoms with Crippen LogP contribution >= 0.6 is 0 Å². The molecule has 3 atom stereocenters. The molecule has 1 aliphatic rings. The van der Waals surface area contributed by atoms with Crippen molar-refractivity contribution in [1.82, 2.24) is 4.90 Å². The monoisotopic (exact) mass is 533 g/mol. The van der Waals surface area contributed by atoms with Gasteiger partial charge in [-0.2, -0.15) is 0 Å². The van der Waals surface area contributed by atoms with Crippen LogP contribution in [0.15, 0.2) is 72.8 Å². The Hall–Kier alpha value is -4.53. The smallest absolute Gasteiger partial charge is 0.308 e. The summed E-state index contributed by atoms with van der Waals surface area (Å²) in [5.41, 5.74) is 1.74. The summed E-state index contributed by atoms with van der Waals surface area (Å²) >= 11 is 0. The van der Waals surface area contributed by atoms with E-state index in [9.17, 15) is 24.6 Å². The van der Waals surface area contributed by atoms with Crippen molar-refractivity contribution in [2.75, 3.05) is 20.8 Å². The minimum Gasteiger partial charge on any atom is -0.493 e. The number of amides is 1. The first kappa shape index (κ1) is 27.5. The summed E-state index contributed by atoms with van der Waals surface area (Å²) in [6.07, 6.45) is 0.482. The summed E-state index contributed by atoms with van der Waals surface area (Å²) in [7, 11) is 3.10. The molecule has 0 spiro atoms. The molecule has 9 nitrogen and oxygen atoms in total. The van der Waals surface area contributed by atoms with E-state index in [1.165, 1.54) is 0 Å². The minimum absolute atomic E-state index is 0.00183. The van der Waals surface area contributed by atoms with Crippen molar-refractivity contribution in [3.05, 3.63) is 83.9 Å². The largest absolute Gasteiger partial charge is 0.493 e. The third-order valence-corrected chi connectivity index (χ3v) is 7.00. The van der Waals surface area contributed by atoms with Crippen LogP contribution in [-0.4, -0.2) is 53.7 Å². The molecule has 0 bridgehead atoms. The van der Waals surface area contributed by atoms with E-state index in [1.807, 2.05) is 66.7 Å². The molecule has 0 saturated heterocycles. The zero-order valence-electron chi connectivity index (χ0n) is 21.8. The summed E-state index contributed by atoms with van der Waals surface area (Å²) < 4.78 is 16.5. The highest BCUT2D eigenvalue weighted by Crippen LogP contribution is 2.42. The number of rotatable bonds is 12. The van der Waals surface area contributed by atoms with Gasteiger partial charge in [-0.05, 0) is 60.4 Å². The Morgan fingerprint density at radius 1 is 0.795 bits per heavy atom. The van der Waals surface area contributed by atoms with E-state index in [1.54, 1.807) is 25.2 Å². The van der Waals surface area contributed by atoms with E-state index in [4.69, 9.17) is 14.2 Å². The summed E-state index contributed by atoms with van der Waals surface area (Å²) in [4.78, 5) is 38.5. The fourth-order valence-electron chi connectivity index (χ4n) is 4.81. The second-order valence-electron chi connectivity index (χ2n) is 9.41. The Bertz CT molecular complexity index is 1310. The predicted octanol–water partition coefficient (Wildman–Crippen LogP) is 4.49. The Kier molecular flexibility index (Phi) is 8.70. The number of aliphatic carboxylic acids is 2. The molecule has 1 amide bonds. The van der Waals surface area contributed by atoms with Gasteiger partial charge in [0.05, 0.1) is 32.0 Å². The molecule has 1 fully saturated rings. The number of nitrogens with zero attached hydrogens (tertiary/aromatic N) is 1. The molecule has 3 aromatic carbocycles. The van der Waals surface area contributed by atoms with Crippen LogP contribution in [0.3, 0.4) is 0 Å². The van der Waals surface area contributed by atoms with Crippen LogP contribution in [0.1, 0.15) is 17.5 Å². The SMILES string of the molecule is COc1ccc(CCN(Cc2ccc(Oc3ccccc3)cc2)C(=O)C2CC(C(=O)O)C2C(=O)O)cc1OC. The van der Waals surface area contributed by atoms with Gasteiger partial charge >= 0.3 is 11.9 Å². The van der Waals surface area contributed by atoms with Crippen molar-refractivity contribution in [3.8, 4) is 23.0 Å². The molecule has 2 N–H and O–H groups in total. The first-order chi connectivity index (χ1) is 18.8. The molecule has 4 rings (SSSR count). The Labute approximate surface area is 226 Å². The molecule has 0 heterocycles. The van der Waals surface area contributed by atoms with Gasteiger partial charge in [-0.25, -0.2) is 0 Å². The van der Waals surface area contributed by atoms with E-state index in [-0.39, 0.29) is 18.9 Å². The molecule has 0 aliphatic heterocycles. The maximum atomic E-state index is 13.6. The lowest BCUT2D eigenvalue weighted by atomic mass is 9.64. The number of carboxylic acid groups (broad SMARTS) is 2. The van der Waals surface area contributed by atoms with E-state index < -0.39 is 29.7 Å². The lowest BCUT2D eigenvalue weighted by molar-refractivity contribution is -0.172. The molecule has 39 heavy (non-hydrogen) atoms. The number of carboxylic acids is 2. The molecule has 3 unspecified atom stereocenters. The lowest BCUT2D eigenvalue weighted by Gasteiger charge is -2.41. The summed E-state index contributed by atoms with van der Waals surface area (Å²) in [5, 5.41) is 19.0.